The Morgan fingerprint density at radius 1 is 1.26 bits per heavy atom. The molecule has 27 heavy (non-hydrogen) atoms. The molecule has 3 aromatic rings. The lowest BCUT2D eigenvalue weighted by Crippen LogP contribution is -2.40. The maximum Gasteiger partial charge on any atom is 0.240 e. The van der Waals surface area contributed by atoms with E-state index in [1.807, 2.05) is 10.8 Å². The molecular formula is C18H18FNO4S3. The van der Waals surface area contributed by atoms with Crippen LogP contribution in [0.3, 0.4) is 0 Å². The van der Waals surface area contributed by atoms with Gasteiger partial charge < -0.3 is 9.84 Å². The van der Waals surface area contributed by atoms with Gasteiger partial charge in [0.05, 0.1) is 11.5 Å². The molecule has 0 bridgehead atoms. The standard InChI is InChI=1S/C18H18FNO4S3/c1-2-24-16-6-5-14(10-15(16)19)27(22,23)20-12-18(21,13-7-9-25-11-13)17-4-3-8-26-17/h3-11,20-21H,2,12H2,1H3/t18-/m1/s1. The summed E-state index contributed by atoms with van der Waals surface area (Å²) in [7, 11) is -4.03. The van der Waals surface area contributed by atoms with Crippen molar-refractivity contribution < 1.29 is 22.7 Å². The van der Waals surface area contributed by atoms with Crippen molar-refractivity contribution in [3.05, 3.63) is 68.8 Å². The van der Waals surface area contributed by atoms with Gasteiger partial charge in [-0.2, -0.15) is 11.3 Å². The second-order valence-corrected chi connectivity index (χ2v) is 9.19. The number of benzene rings is 1. The van der Waals surface area contributed by atoms with Gasteiger partial charge in [-0.25, -0.2) is 17.5 Å². The fourth-order valence-corrected chi connectivity index (χ4v) is 5.19. The first kappa shape index (κ1) is 20.0. The lowest BCUT2D eigenvalue weighted by Gasteiger charge is -2.27. The van der Waals surface area contributed by atoms with Crippen molar-refractivity contribution in [1.82, 2.24) is 4.72 Å². The molecular weight excluding hydrogens is 409 g/mol. The summed E-state index contributed by atoms with van der Waals surface area (Å²) in [5, 5.41) is 16.6. The van der Waals surface area contributed by atoms with Gasteiger partial charge in [-0.1, -0.05) is 6.07 Å². The maximum absolute atomic E-state index is 14.0. The number of hydrogen-bond acceptors (Lipinski definition) is 6. The van der Waals surface area contributed by atoms with E-state index in [0.717, 1.165) is 6.07 Å². The Labute approximate surface area is 165 Å². The van der Waals surface area contributed by atoms with Crippen LogP contribution >= 0.6 is 22.7 Å². The summed E-state index contributed by atoms with van der Waals surface area (Å²) in [6, 6.07) is 8.72. The third-order valence-corrected chi connectivity index (χ3v) is 7.06. The first-order valence-electron chi connectivity index (χ1n) is 8.08. The van der Waals surface area contributed by atoms with Gasteiger partial charge in [0.15, 0.2) is 11.6 Å². The van der Waals surface area contributed by atoms with Crippen LogP contribution in [0.2, 0.25) is 0 Å². The zero-order chi connectivity index (χ0) is 19.5. The molecule has 0 radical (unpaired) electrons. The number of ether oxygens (including phenoxy) is 1. The maximum atomic E-state index is 14.0. The second-order valence-electron chi connectivity index (χ2n) is 5.70. The Bertz CT molecular complexity index is 952. The molecule has 1 atom stereocenters. The van der Waals surface area contributed by atoms with E-state index in [1.165, 1.54) is 34.8 Å². The first-order valence-corrected chi connectivity index (χ1v) is 11.4. The van der Waals surface area contributed by atoms with E-state index in [1.54, 1.807) is 30.5 Å². The monoisotopic (exact) mass is 427 g/mol. The number of nitrogens with one attached hydrogen (secondary N) is 1. The minimum Gasteiger partial charge on any atom is -0.491 e. The minimum atomic E-state index is -4.03. The first-order chi connectivity index (χ1) is 12.9. The van der Waals surface area contributed by atoms with Gasteiger partial charge in [0.25, 0.3) is 0 Å². The summed E-state index contributed by atoms with van der Waals surface area (Å²) in [5.41, 5.74) is -0.916. The molecule has 0 aliphatic heterocycles. The molecule has 3 rings (SSSR count). The number of thiophene rings is 2. The predicted molar refractivity (Wildman–Crippen MR) is 104 cm³/mol. The van der Waals surface area contributed by atoms with Crippen LogP contribution in [-0.2, 0) is 15.6 Å². The number of rotatable bonds is 8. The molecule has 2 aromatic heterocycles. The van der Waals surface area contributed by atoms with Crippen LogP contribution < -0.4 is 9.46 Å². The van der Waals surface area contributed by atoms with Crippen LogP contribution in [-0.4, -0.2) is 26.7 Å². The lowest BCUT2D eigenvalue weighted by molar-refractivity contribution is 0.0903. The summed E-state index contributed by atoms with van der Waals surface area (Å²) < 4.78 is 46.7. The highest BCUT2D eigenvalue weighted by molar-refractivity contribution is 7.89. The Morgan fingerprint density at radius 3 is 2.67 bits per heavy atom. The third-order valence-electron chi connectivity index (χ3n) is 3.96. The van der Waals surface area contributed by atoms with Crippen molar-refractivity contribution in [2.24, 2.45) is 0 Å². The summed E-state index contributed by atoms with van der Waals surface area (Å²) in [6.07, 6.45) is 0. The Kier molecular flexibility index (Phi) is 5.97. The largest absolute Gasteiger partial charge is 0.491 e. The fourth-order valence-electron chi connectivity index (χ4n) is 2.55. The summed E-state index contributed by atoms with van der Waals surface area (Å²) in [5.74, 6) is -0.768. The normalized spacial score (nSPS) is 14.0. The summed E-state index contributed by atoms with van der Waals surface area (Å²) in [6.45, 7) is 1.71. The SMILES string of the molecule is CCOc1ccc(S(=O)(=O)NC[C@@](O)(c2ccsc2)c2cccs2)cc1F. The molecule has 0 aliphatic carbocycles. The minimum absolute atomic E-state index is 0.00943. The van der Waals surface area contributed by atoms with E-state index in [4.69, 9.17) is 4.74 Å². The van der Waals surface area contributed by atoms with Gasteiger partial charge in [0.1, 0.15) is 5.60 Å². The van der Waals surface area contributed by atoms with Crippen LogP contribution in [0.5, 0.6) is 5.75 Å². The molecule has 2 N–H and O–H groups in total. The van der Waals surface area contributed by atoms with E-state index in [0.29, 0.717) is 10.4 Å². The molecule has 144 valence electrons. The van der Waals surface area contributed by atoms with Crippen LogP contribution in [0.15, 0.2) is 57.4 Å². The smallest absolute Gasteiger partial charge is 0.240 e. The third kappa shape index (κ3) is 4.22. The van der Waals surface area contributed by atoms with Crippen molar-refractivity contribution >= 4 is 32.7 Å². The highest BCUT2D eigenvalue weighted by Crippen LogP contribution is 2.34. The van der Waals surface area contributed by atoms with Crippen LogP contribution in [0.25, 0.3) is 0 Å². The predicted octanol–water partition coefficient (Wildman–Crippen LogP) is 3.56. The Hall–Kier alpha value is -1.78. The van der Waals surface area contributed by atoms with Gasteiger partial charge in [-0.15, -0.1) is 11.3 Å². The molecule has 0 aliphatic rings. The van der Waals surface area contributed by atoms with Gasteiger partial charge in [0.2, 0.25) is 10.0 Å². The number of halogens is 1. The number of hydrogen-bond donors (Lipinski definition) is 2. The Morgan fingerprint density at radius 2 is 2.07 bits per heavy atom. The molecule has 5 nitrogen and oxygen atoms in total. The second kappa shape index (κ2) is 8.07. The van der Waals surface area contributed by atoms with E-state index in [9.17, 15) is 17.9 Å². The van der Waals surface area contributed by atoms with E-state index >= 15 is 0 Å². The molecule has 0 spiro atoms. The van der Waals surface area contributed by atoms with Crippen molar-refractivity contribution in [2.75, 3.05) is 13.2 Å². The van der Waals surface area contributed by atoms with Crippen molar-refractivity contribution in [1.29, 1.82) is 0 Å². The van der Waals surface area contributed by atoms with Gasteiger partial charge in [-0.05, 0) is 53.4 Å². The van der Waals surface area contributed by atoms with Crippen LogP contribution in [0, 0.1) is 5.82 Å². The summed E-state index contributed by atoms with van der Waals surface area (Å²) >= 11 is 2.73. The molecule has 1 aromatic carbocycles. The fraction of sp³-hybridized carbons (Fsp3) is 0.222. The molecule has 2 heterocycles. The van der Waals surface area contributed by atoms with E-state index in [2.05, 4.69) is 4.72 Å². The van der Waals surface area contributed by atoms with Gasteiger partial charge in [-0.3, -0.25) is 0 Å². The Balaban J connectivity index is 1.86. The zero-order valence-electron chi connectivity index (χ0n) is 14.4. The molecule has 9 heteroatoms. The molecule has 0 unspecified atom stereocenters. The molecule has 0 amide bonds. The van der Waals surface area contributed by atoms with Crippen molar-refractivity contribution in [3.63, 3.8) is 0 Å². The summed E-state index contributed by atoms with van der Waals surface area (Å²) in [4.78, 5) is 0.378. The van der Waals surface area contributed by atoms with Gasteiger partial charge >= 0.3 is 0 Å². The van der Waals surface area contributed by atoms with Crippen molar-refractivity contribution in [3.8, 4) is 5.75 Å². The average molecular weight is 428 g/mol. The quantitative estimate of drug-likeness (QED) is 0.576. The molecule has 0 saturated heterocycles. The van der Waals surface area contributed by atoms with E-state index < -0.39 is 21.4 Å². The van der Waals surface area contributed by atoms with E-state index in [-0.39, 0.29) is 23.8 Å². The topological polar surface area (TPSA) is 75.6 Å². The number of sulfonamides is 1. The average Bonchev–Trinajstić information content (AvgIpc) is 3.35. The molecule has 0 saturated carbocycles. The van der Waals surface area contributed by atoms with Crippen molar-refractivity contribution in [2.45, 2.75) is 17.4 Å². The molecule has 0 fully saturated rings. The van der Waals surface area contributed by atoms with Crippen LogP contribution in [0.1, 0.15) is 17.4 Å². The zero-order valence-corrected chi connectivity index (χ0v) is 16.8. The highest BCUT2D eigenvalue weighted by Gasteiger charge is 2.35. The van der Waals surface area contributed by atoms with Gasteiger partial charge in [0, 0.05) is 17.0 Å². The van der Waals surface area contributed by atoms with Crippen LogP contribution in [0.4, 0.5) is 4.39 Å². The highest BCUT2D eigenvalue weighted by atomic mass is 32.2. The number of aliphatic hydroxyl groups is 1. The lowest BCUT2D eigenvalue weighted by atomic mass is 9.95.